The SMILES string of the molecule is COc1ccc2cc(-c3ccc(C)cc3)c(=O)oc2c1CCC(C)C. The molecule has 0 N–H and O–H groups in total. The summed E-state index contributed by atoms with van der Waals surface area (Å²) in [5.41, 5.74) is 3.93. The number of ether oxygens (including phenoxy) is 1. The second-order valence-corrected chi connectivity index (χ2v) is 6.91. The fraction of sp³-hybridized carbons (Fsp3) is 0.318. The average Bonchev–Trinajstić information content (AvgIpc) is 2.59. The van der Waals surface area contributed by atoms with E-state index < -0.39 is 0 Å². The van der Waals surface area contributed by atoms with Gasteiger partial charge in [-0.05, 0) is 49.4 Å². The summed E-state index contributed by atoms with van der Waals surface area (Å²) in [6, 6.07) is 13.7. The third kappa shape index (κ3) is 3.60. The van der Waals surface area contributed by atoms with Crippen LogP contribution in [0.4, 0.5) is 0 Å². The molecule has 0 saturated heterocycles. The van der Waals surface area contributed by atoms with Crippen LogP contribution in [0.2, 0.25) is 0 Å². The molecule has 0 atom stereocenters. The van der Waals surface area contributed by atoms with Crippen LogP contribution < -0.4 is 10.4 Å². The highest BCUT2D eigenvalue weighted by Crippen LogP contribution is 2.31. The van der Waals surface area contributed by atoms with Gasteiger partial charge in [0.2, 0.25) is 0 Å². The first-order chi connectivity index (χ1) is 12.0. The van der Waals surface area contributed by atoms with Crippen LogP contribution in [0.1, 0.15) is 31.4 Å². The molecule has 1 heterocycles. The van der Waals surface area contributed by atoms with Crippen molar-refractivity contribution >= 4 is 11.0 Å². The Morgan fingerprint density at radius 2 is 1.80 bits per heavy atom. The van der Waals surface area contributed by atoms with Crippen LogP contribution in [0.25, 0.3) is 22.1 Å². The van der Waals surface area contributed by atoms with Crippen LogP contribution in [-0.2, 0) is 6.42 Å². The van der Waals surface area contributed by atoms with Crippen LogP contribution in [0, 0.1) is 12.8 Å². The van der Waals surface area contributed by atoms with Gasteiger partial charge in [-0.1, -0.05) is 43.7 Å². The highest BCUT2D eigenvalue weighted by Gasteiger charge is 2.15. The lowest BCUT2D eigenvalue weighted by molar-refractivity contribution is 0.406. The molecule has 130 valence electrons. The number of benzene rings is 2. The van der Waals surface area contributed by atoms with E-state index in [4.69, 9.17) is 9.15 Å². The third-order valence-corrected chi connectivity index (χ3v) is 4.52. The predicted octanol–water partition coefficient (Wildman–Crippen LogP) is 5.37. The first kappa shape index (κ1) is 17.3. The van der Waals surface area contributed by atoms with E-state index in [0.717, 1.165) is 40.7 Å². The van der Waals surface area contributed by atoms with Gasteiger partial charge < -0.3 is 9.15 Å². The maximum atomic E-state index is 12.6. The van der Waals surface area contributed by atoms with Crippen molar-refractivity contribution in [3.8, 4) is 16.9 Å². The summed E-state index contributed by atoms with van der Waals surface area (Å²) in [4.78, 5) is 12.6. The molecule has 0 radical (unpaired) electrons. The number of aryl methyl sites for hydroxylation is 2. The molecule has 0 unspecified atom stereocenters. The molecule has 0 aliphatic carbocycles. The summed E-state index contributed by atoms with van der Waals surface area (Å²) in [6.45, 7) is 6.40. The monoisotopic (exact) mass is 336 g/mol. The van der Waals surface area contributed by atoms with Gasteiger partial charge in [0, 0.05) is 10.9 Å². The van der Waals surface area contributed by atoms with E-state index in [2.05, 4.69) is 13.8 Å². The second-order valence-electron chi connectivity index (χ2n) is 6.91. The Kier molecular flexibility index (Phi) is 4.93. The smallest absolute Gasteiger partial charge is 0.344 e. The van der Waals surface area contributed by atoms with Crippen LogP contribution in [0.3, 0.4) is 0 Å². The molecule has 0 amide bonds. The number of rotatable bonds is 5. The van der Waals surface area contributed by atoms with Gasteiger partial charge in [0.15, 0.2) is 0 Å². The number of methoxy groups -OCH3 is 1. The van der Waals surface area contributed by atoms with Gasteiger partial charge in [0.1, 0.15) is 11.3 Å². The number of hydrogen-bond acceptors (Lipinski definition) is 3. The molecule has 3 heteroatoms. The van der Waals surface area contributed by atoms with Gasteiger partial charge in [-0.15, -0.1) is 0 Å². The zero-order valence-corrected chi connectivity index (χ0v) is 15.3. The normalized spacial score (nSPS) is 11.2. The van der Waals surface area contributed by atoms with Gasteiger partial charge >= 0.3 is 5.63 Å². The van der Waals surface area contributed by atoms with Crippen molar-refractivity contribution < 1.29 is 9.15 Å². The first-order valence-corrected chi connectivity index (χ1v) is 8.70. The predicted molar refractivity (Wildman–Crippen MR) is 102 cm³/mol. The van der Waals surface area contributed by atoms with Crippen molar-refractivity contribution in [3.63, 3.8) is 0 Å². The van der Waals surface area contributed by atoms with Crippen molar-refractivity contribution in [3.05, 3.63) is 64.0 Å². The van der Waals surface area contributed by atoms with Gasteiger partial charge in [-0.25, -0.2) is 4.79 Å². The second kappa shape index (κ2) is 7.14. The van der Waals surface area contributed by atoms with E-state index in [-0.39, 0.29) is 5.63 Å². The molecule has 1 aromatic heterocycles. The number of hydrogen-bond donors (Lipinski definition) is 0. The Morgan fingerprint density at radius 3 is 2.44 bits per heavy atom. The Bertz CT molecular complexity index is 934. The molecule has 0 spiro atoms. The Hall–Kier alpha value is -2.55. The van der Waals surface area contributed by atoms with Gasteiger partial charge in [0.05, 0.1) is 12.7 Å². The highest BCUT2D eigenvalue weighted by molar-refractivity contribution is 5.85. The minimum absolute atomic E-state index is 0.310. The number of fused-ring (bicyclic) bond motifs is 1. The van der Waals surface area contributed by atoms with Crippen LogP contribution in [0.5, 0.6) is 5.75 Å². The fourth-order valence-corrected chi connectivity index (χ4v) is 3.02. The lowest BCUT2D eigenvalue weighted by Gasteiger charge is -2.13. The maximum Gasteiger partial charge on any atom is 0.344 e. The van der Waals surface area contributed by atoms with Crippen molar-refractivity contribution in [1.29, 1.82) is 0 Å². The van der Waals surface area contributed by atoms with E-state index in [0.29, 0.717) is 17.1 Å². The van der Waals surface area contributed by atoms with E-state index in [1.165, 1.54) is 0 Å². The zero-order chi connectivity index (χ0) is 18.0. The lowest BCUT2D eigenvalue weighted by atomic mass is 9.98. The van der Waals surface area contributed by atoms with Crippen molar-refractivity contribution in [1.82, 2.24) is 0 Å². The maximum absolute atomic E-state index is 12.6. The minimum Gasteiger partial charge on any atom is -0.496 e. The quantitative estimate of drug-likeness (QED) is 0.588. The lowest BCUT2D eigenvalue weighted by Crippen LogP contribution is -2.05. The molecule has 0 aliphatic heterocycles. The Morgan fingerprint density at radius 1 is 1.08 bits per heavy atom. The van der Waals surface area contributed by atoms with Crippen LogP contribution >= 0.6 is 0 Å². The molecule has 2 aromatic carbocycles. The molecule has 0 fully saturated rings. The minimum atomic E-state index is -0.310. The van der Waals surface area contributed by atoms with Crippen molar-refractivity contribution in [2.45, 2.75) is 33.6 Å². The largest absolute Gasteiger partial charge is 0.496 e. The van der Waals surface area contributed by atoms with Gasteiger partial charge in [0.25, 0.3) is 0 Å². The van der Waals surface area contributed by atoms with Crippen molar-refractivity contribution in [2.24, 2.45) is 5.92 Å². The Labute approximate surface area is 148 Å². The molecule has 25 heavy (non-hydrogen) atoms. The van der Waals surface area contributed by atoms with E-state index in [9.17, 15) is 4.79 Å². The molecule has 0 saturated carbocycles. The van der Waals surface area contributed by atoms with E-state index in [1.54, 1.807) is 7.11 Å². The Balaban J connectivity index is 2.15. The third-order valence-electron chi connectivity index (χ3n) is 4.52. The molecular weight excluding hydrogens is 312 g/mol. The molecule has 0 aliphatic rings. The molecule has 3 nitrogen and oxygen atoms in total. The zero-order valence-electron chi connectivity index (χ0n) is 15.3. The standard InChI is InChI=1S/C22H24O3/c1-14(2)5-11-18-20(24-4)12-10-17-13-19(22(23)25-21(17)18)16-8-6-15(3)7-9-16/h6-10,12-14H,5,11H2,1-4H3. The van der Waals surface area contributed by atoms with Gasteiger partial charge in [-0.3, -0.25) is 0 Å². The van der Waals surface area contributed by atoms with E-state index in [1.807, 2.05) is 49.4 Å². The van der Waals surface area contributed by atoms with Gasteiger partial charge in [-0.2, -0.15) is 0 Å². The molecule has 0 bridgehead atoms. The fourth-order valence-electron chi connectivity index (χ4n) is 3.02. The molecule has 3 rings (SSSR count). The van der Waals surface area contributed by atoms with Crippen LogP contribution in [-0.4, -0.2) is 7.11 Å². The average molecular weight is 336 g/mol. The summed E-state index contributed by atoms with van der Waals surface area (Å²) in [5, 5.41) is 0.926. The molecular formula is C22H24O3. The van der Waals surface area contributed by atoms with Crippen LogP contribution in [0.15, 0.2) is 51.7 Å². The summed E-state index contributed by atoms with van der Waals surface area (Å²) >= 11 is 0. The summed E-state index contributed by atoms with van der Waals surface area (Å²) in [7, 11) is 1.65. The summed E-state index contributed by atoms with van der Waals surface area (Å²) < 4.78 is 11.2. The topological polar surface area (TPSA) is 39.4 Å². The highest BCUT2D eigenvalue weighted by atomic mass is 16.5. The summed E-state index contributed by atoms with van der Waals surface area (Å²) in [6.07, 6.45) is 1.84. The van der Waals surface area contributed by atoms with Crippen molar-refractivity contribution in [2.75, 3.05) is 7.11 Å². The first-order valence-electron chi connectivity index (χ1n) is 8.70. The summed E-state index contributed by atoms with van der Waals surface area (Å²) in [5.74, 6) is 1.35. The van der Waals surface area contributed by atoms with E-state index >= 15 is 0 Å². The molecule has 3 aromatic rings.